The molecule has 1 saturated carbocycles. The lowest BCUT2D eigenvalue weighted by Gasteiger charge is -2.46. The number of hydrogen-bond donors (Lipinski definition) is 0. The van der Waals surface area contributed by atoms with Gasteiger partial charge in [0, 0.05) is 38.6 Å². The summed E-state index contributed by atoms with van der Waals surface area (Å²) in [7, 11) is 0. The first-order valence-corrected chi connectivity index (χ1v) is 10.9. The largest absolute Gasteiger partial charge is 0.462 e. The molecule has 156 valence electrons. The van der Waals surface area contributed by atoms with Gasteiger partial charge in [-0.15, -0.1) is 0 Å². The van der Waals surface area contributed by atoms with Gasteiger partial charge in [-0.25, -0.2) is 4.79 Å². The van der Waals surface area contributed by atoms with Gasteiger partial charge in [0.2, 0.25) is 0 Å². The van der Waals surface area contributed by atoms with Crippen molar-refractivity contribution in [3.63, 3.8) is 0 Å². The molecule has 4 rings (SSSR count). The molecule has 0 bridgehead atoms. The zero-order chi connectivity index (χ0) is 19.9. The predicted molar refractivity (Wildman–Crippen MR) is 106 cm³/mol. The lowest BCUT2D eigenvalue weighted by Crippen LogP contribution is -2.51. The quantitative estimate of drug-likeness (QED) is 0.547. The van der Waals surface area contributed by atoms with E-state index < -0.39 is 0 Å². The zero-order valence-electron chi connectivity index (χ0n) is 17.5. The molecule has 2 aliphatic carbocycles. The molecule has 0 aromatic carbocycles. The van der Waals surface area contributed by atoms with E-state index in [2.05, 4.69) is 18.7 Å². The molecule has 2 heterocycles. The fourth-order valence-electron chi connectivity index (χ4n) is 5.93. The molecule has 0 radical (unpaired) electrons. The second-order valence-electron chi connectivity index (χ2n) is 9.31. The SMILES string of the molecule is CCOC(=O)N1CCN(C[C@@H]2C(=O)O[C@H]3C[C@]4(C)CCCC(C)=C4C[C@@H]32)CC1. The molecule has 6 heteroatoms. The Morgan fingerprint density at radius 3 is 2.75 bits per heavy atom. The third-order valence-electron chi connectivity index (χ3n) is 7.53. The molecule has 4 atom stereocenters. The number of ether oxygens (including phenoxy) is 2. The maximum Gasteiger partial charge on any atom is 0.409 e. The first-order chi connectivity index (χ1) is 13.4. The van der Waals surface area contributed by atoms with Gasteiger partial charge in [-0.3, -0.25) is 9.69 Å². The molecular formula is C22H34N2O4. The standard InChI is InChI=1S/C22H34N2O4/c1-4-27-21(26)24-10-8-23(9-11-24)14-17-16-12-18-15(2)6-5-7-22(18,3)13-19(16)28-20(17)25/h16-17,19H,4-14H2,1-3H3/t16-,17+,19+,22+/m1/s1. The number of carbonyl (C=O) groups is 2. The van der Waals surface area contributed by atoms with Crippen molar-refractivity contribution < 1.29 is 19.1 Å². The van der Waals surface area contributed by atoms with Crippen molar-refractivity contribution in [2.45, 2.75) is 59.0 Å². The Labute approximate surface area is 168 Å². The smallest absolute Gasteiger partial charge is 0.409 e. The fraction of sp³-hybridized carbons (Fsp3) is 0.818. The highest BCUT2D eigenvalue weighted by Crippen LogP contribution is 2.55. The van der Waals surface area contributed by atoms with Crippen LogP contribution in [-0.4, -0.2) is 67.3 Å². The van der Waals surface area contributed by atoms with E-state index in [-0.39, 0.29) is 29.5 Å². The summed E-state index contributed by atoms with van der Waals surface area (Å²) in [5.41, 5.74) is 3.38. The molecule has 0 aromatic rings. The number of nitrogens with zero attached hydrogens (tertiary/aromatic N) is 2. The van der Waals surface area contributed by atoms with Crippen LogP contribution < -0.4 is 0 Å². The minimum absolute atomic E-state index is 0.0108. The van der Waals surface area contributed by atoms with Gasteiger partial charge in [0.25, 0.3) is 0 Å². The van der Waals surface area contributed by atoms with Crippen molar-refractivity contribution >= 4 is 12.1 Å². The van der Waals surface area contributed by atoms with Crippen LogP contribution in [0.2, 0.25) is 0 Å². The van der Waals surface area contributed by atoms with E-state index in [0.29, 0.717) is 25.6 Å². The Balaban J connectivity index is 1.40. The van der Waals surface area contributed by atoms with E-state index in [1.807, 2.05) is 6.92 Å². The monoisotopic (exact) mass is 390 g/mol. The van der Waals surface area contributed by atoms with Crippen molar-refractivity contribution in [3.8, 4) is 0 Å². The summed E-state index contributed by atoms with van der Waals surface area (Å²) in [5, 5.41) is 0. The third kappa shape index (κ3) is 3.56. The molecule has 0 aromatic heterocycles. The van der Waals surface area contributed by atoms with Gasteiger partial charge in [0.1, 0.15) is 6.10 Å². The lowest BCUT2D eigenvalue weighted by atomic mass is 9.59. The number of esters is 1. The summed E-state index contributed by atoms with van der Waals surface area (Å²) in [6.07, 6.45) is 5.55. The molecule has 0 spiro atoms. The Morgan fingerprint density at radius 1 is 1.29 bits per heavy atom. The lowest BCUT2D eigenvalue weighted by molar-refractivity contribution is -0.145. The van der Waals surface area contributed by atoms with Crippen LogP contribution in [0.3, 0.4) is 0 Å². The van der Waals surface area contributed by atoms with Crippen molar-refractivity contribution in [2.75, 3.05) is 39.3 Å². The highest BCUT2D eigenvalue weighted by Gasteiger charge is 2.53. The number of rotatable bonds is 3. The normalized spacial score (nSPS) is 36.0. The van der Waals surface area contributed by atoms with Gasteiger partial charge in [0.15, 0.2) is 0 Å². The van der Waals surface area contributed by atoms with Crippen LogP contribution in [0, 0.1) is 17.3 Å². The molecule has 6 nitrogen and oxygen atoms in total. The van der Waals surface area contributed by atoms with Gasteiger partial charge in [-0.05, 0) is 51.4 Å². The first-order valence-electron chi connectivity index (χ1n) is 10.9. The Morgan fingerprint density at radius 2 is 2.04 bits per heavy atom. The van der Waals surface area contributed by atoms with Crippen molar-refractivity contribution in [1.29, 1.82) is 0 Å². The Kier molecular flexibility index (Phi) is 5.43. The van der Waals surface area contributed by atoms with Crippen molar-refractivity contribution in [3.05, 3.63) is 11.1 Å². The molecular weight excluding hydrogens is 356 g/mol. The van der Waals surface area contributed by atoms with Crippen molar-refractivity contribution in [2.24, 2.45) is 17.3 Å². The fourth-order valence-corrected chi connectivity index (χ4v) is 5.93. The van der Waals surface area contributed by atoms with E-state index in [1.54, 1.807) is 16.0 Å². The number of amides is 1. The third-order valence-corrected chi connectivity index (χ3v) is 7.53. The minimum atomic E-state index is -0.228. The summed E-state index contributed by atoms with van der Waals surface area (Å²) in [5.74, 6) is 0.265. The number of piperazine rings is 1. The predicted octanol–water partition coefficient (Wildman–Crippen LogP) is 3.22. The van der Waals surface area contributed by atoms with Crippen LogP contribution in [0.15, 0.2) is 11.1 Å². The van der Waals surface area contributed by atoms with Crippen LogP contribution in [0.1, 0.15) is 52.9 Å². The van der Waals surface area contributed by atoms with Gasteiger partial charge in [-0.2, -0.15) is 0 Å². The van der Waals surface area contributed by atoms with Crippen LogP contribution >= 0.6 is 0 Å². The number of fused-ring (bicyclic) bond motifs is 2. The zero-order valence-corrected chi connectivity index (χ0v) is 17.5. The van der Waals surface area contributed by atoms with Crippen LogP contribution in [0.5, 0.6) is 0 Å². The van der Waals surface area contributed by atoms with E-state index in [9.17, 15) is 9.59 Å². The van der Waals surface area contributed by atoms with Crippen LogP contribution in [0.4, 0.5) is 4.79 Å². The Bertz CT molecular complexity index is 667. The molecule has 2 aliphatic heterocycles. The van der Waals surface area contributed by atoms with E-state index >= 15 is 0 Å². The summed E-state index contributed by atoms with van der Waals surface area (Å²) in [6, 6.07) is 0. The van der Waals surface area contributed by atoms with Crippen molar-refractivity contribution in [1.82, 2.24) is 9.80 Å². The van der Waals surface area contributed by atoms with Gasteiger partial charge in [0.05, 0.1) is 12.5 Å². The Hall–Kier alpha value is -1.56. The number of hydrogen-bond acceptors (Lipinski definition) is 5. The summed E-state index contributed by atoms with van der Waals surface area (Å²) < 4.78 is 11.0. The number of allylic oxidation sites excluding steroid dienone is 2. The second kappa shape index (κ2) is 7.69. The topological polar surface area (TPSA) is 59.1 Å². The highest BCUT2D eigenvalue weighted by molar-refractivity contribution is 5.76. The molecule has 3 fully saturated rings. The average molecular weight is 391 g/mol. The van der Waals surface area contributed by atoms with Gasteiger partial charge in [-0.1, -0.05) is 18.1 Å². The molecule has 28 heavy (non-hydrogen) atoms. The molecule has 1 amide bonds. The van der Waals surface area contributed by atoms with E-state index in [0.717, 1.165) is 32.5 Å². The highest BCUT2D eigenvalue weighted by atomic mass is 16.6. The molecule has 2 saturated heterocycles. The second-order valence-corrected chi connectivity index (χ2v) is 9.31. The summed E-state index contributed by atoms with van der Waals surface area (Å²) in [6.45, 7) is 10.6. The average Bonchev–Trinajstić information content (AvgIpc) is 2.95. The molecule has 4 aliphatic rings. The van der Waals surface area contributed by atoms with E-state index in [4.69, 9.17) is 9.47 Å². The molecule has 0 unspecified atom stereocenters. The minimum Gasteiger partial charge on any atom is -0.462 e. The molecule has 0 N–H and O–H groups in total. The van der Waals surface area contributed by atoms with E-state index in [1.165, 1.54) is 19.3 Å². The van der Waals surface area contributed by atoms with Crippen LogP contribution in [0.25, 0.3) is 0 Å². The van der Waals surface area contributed by atoms with Gasteiger partial charge >= 0.3 is 12.1 Å². The summed E-state index contributed by atoms with van der Waals surface area (Å²) in [4.78, 5) is 28.7. The van der Waals surface area contributed by atoms with Crippen LogP contribution in [-0.2, 0) is 14.3 Å². The number of carbonyl (C=O) groups excluding carboxylic acids is 2. The summed E-state index contributed by atoms with van der Waals surface area (Å²) >= 11 is 0. The maximum absolute atomic E-state index is 12.7. The van der Waals surface area contributed by atoms with Gasteiger partial charge < -0.3 is 14.4 Å². The maximum atomic E-state index is 12.7. The first kappa shape index (κ1) is 19.7.